The van der Waals surface area contributed by atoms with Crippen LogP contribution >= 0.6 is 11.6 Å². The number of hydrogen-bond acceptors (Lipinski definition) is 5. The van der Waals surface area contributed by atoms with Gasteiger partial charge in [-0.2, -0.15) is 0 Å². The largest absolute Gasteiger partial charge is 0.497 e. The SMILES string of the molecule is COc1ccc(NC(=O)c2ccc(N(C)C(C)=N)cc2)c(C(=O)Nc2ccc(Cl)cn2)c1. The molecule has 0 aliphatic rings. The van der Waals surface area contributed by atoms with Crippen molar-refractivity contribution in [2.75, 3.05) is 29.7 Å². The molecule has 1 heterocycles. The molecule has 0 bridgehead atoms. The number of amidine groups is 1. The first-order chi connectivity index (χ1) is 15.3. The van der Waals surface area contributed by atoms with Gasteiger partial charge in [-0.05, 0) is 61.5 Å². The molecule has 0 spiro atoms. The highest BCUT2D eigenvalue weighted by Gasteiger charge is 2.17. The van der Waals surface area contributed by atoms with Gasteiger partial charge in [0.05, 0.1) is 29.2 Å². The number of ether oxygens (including phenoxy) is 1. The lowest BCUT2D eigenvalue weighted by molar-refractivity contribution is 0.102. The summed E-state index contributed by atoms with van der Waals surface area (Å²) >= 11 is 5.84. The number of nitrogens with zero attached hydrogens (tertiary/aromatic N) is 2. The van der Waals surface area contributed by atoms with Crippen molar-refractivity contribution >= 4 is 46.4 Å². The summed E-state index contributed by atoms with van der Waals surface area (Å²) in [5.41, 5.74) is 1.73. The summed E-state index contributed by atoms with van der Waals surface area (Å²) in [5.74, 6) is 0.320. The minimum atomic E-state index is -0.465. The molecule has 0 saturated carbocycles. The van der Waals surface area contributed by atoms with Crippen LogP contribution in [-0.4, -0.2) is 36.8 Å². The van der Waals surface area contributed by atoms with Gasteiger partial charge in [0.15, 0.2) is 0 Å². The van der Waals surface area contributed by atoms with E-state index in [1.165, 1.54) is 19.4 Å². The zero-order valence-electron chi connectivity index (χ0n) is 17.8. The standard InChI is InChI=1S/C23H22ClN5O3/c1-14(25)29(2)17-7-4-15(5-8-17)22(30)27-20-10-9-18(32-3)12-19(20)23(31)28-21-11-6-16(24)13-26-21/h4-13,25H,1-3H3,(H,27,30)(H,26,28,31). The van der Waals surface area contributed by atoms with Gasteiger partial charge in [0.1, 0.15) is 11.6 Å². The number of rotatable bonds is 6. The first-order valence-corrected chi connectivity index (χ1v) is 9.97. The van der Waals surface area contributed by atoms with Gasteiger partial charge in [-0.25, -0.2) is 4.98 Å². The lowest BCUT2D eigenvalue weighted by atomic mass is 10.1. The Kier molecular flexibility index (Phi) is 7.07. The van der Waals surface area contributed by atoms with E-state index >= 15 is 0 Å². The van der Waals surface area contributed by atoms with E-state index in [1.807, 2.05) is 0 Å². The highest BCUT2D eigenvalue weighted by atomic mass is 35.5. The summed E-state index contributed by atoms with van der Waals surface area (Å²) < 4.78 is 5.22. The van der Waals surface area contributed by atoms with Gasteiger partial charge < -0.3 is 20.3 Å². The van der Waals surface area contributed by atoms with E-state index in [4.69, 9.17) is 21.7 Å². The second kappa shape index (κ2) is 9.93. The molecule has 2 amide bonds. The maximum absolute atomic E-state index is 12.9. The van der Waals surface area contributed by atoms with Gasteiger partial charge in [-0.3, -0.25) is 15.0 Å². The summed E-state index contributed by atoms with van der Waals surface area (Å²) in [6.07, 6.45) is 1.42. The monoisotopic (exact) mass is 451 g/mol. The number of anilines is 3. The number of hydrogen-bond donors (Lipinski definition) is 3. The molecule has 0 atom stereocenters. The van der Waals surface area contributed by atoms with Crippen molar-refractivity contribution in [3.05, 3.63) is 76.9 Å². The molecule has 164 valence electrons. The van der Waals surface area contributed by atoms with Crippen LogP contribution in [0.3, 0.4) is 0 Å². The maximum atomic E-state index is 12.9. The third-order valence-corrected chi connectivity index (χ3v) is 4.93. The van der Waals surface area contributed by atoms with Gasteiger partial charge >= 0.3 is 0 Å². The normalized spacial score (nSPS) is 10.2. The molecule has 32 heavy (non-hydrogen) atoms. The predicted octanol–water partition coefficient (Wildman–Crippen LogP) is 4.68. The molecule has 3 rings (SSSR count). The van der Waals surface area contributed by atoms with Crippen LogP contribution < -0.4 is 20.3 Å². The van der Waals surface area contributed by atoms with Crippen LogP contribution in [0.25, 0.3) is 0 Å². The van der Waals surface area contributed by atoms with Crippen LogP contribution in [-0.2, 0) is 0 Å². The van der Waals surface area contributed by atoms with Crippen molar-refractivity contribution < 1.29 is 14.3 Å². The van der Waals surface area contributed by atoms with Crippen molar-refractivity contribution in [1.82, 2.24) is 4.98 Å². The number of nitrogens with one attached hydrogen (secondary N) is 3. The highest BCUT2D eigenvalue weighted by Crippen LogP contribution is 2.24. The summed E-state index contributed by atoms with van der Waals surface area (Å²) in [6, 6.07) is 14.8. The fourth-order valence-corrected chi connectivity index (χ4v) is 2.92. The van der Waals surface area contributed by atoms with Crippen LogP contribution in [0, 0.1) is 5.41 Å². The minimum Gasteiger partial charge on any atom is -0.497 e. The molecule has 9 heteroatoms. The Morgan fingerprint density at radius 2 is 1.75 bits per heavy atom. The predicted molar refractivity (Wildman–Crippen MR) is 126 cm³/mol. The molecule has 3 aromatic rings. The van der Waals surface area contributed by atoms with E-state index in [9.17, 15) is 9.59 Å². The van der Waals surface area contributed by atoms with Gasteiger partial charge in [0.25, 0.3) is 11.8 Å². The van der Waals surface area contributed by atoms with E-state index in [2.05, 4.69) is 15.6 Å². The van der Waals surface area contributed by atoms with Crippen molar-refractivity contribution in [1.29, 1.82) is 5.41 Å². The third kappa shape index (κ3) is 5.41. The molecule has 0 unspecified atom stereocenters. The average Bonchev–Trinajstić information content (AvgIpc) is 2.80. The third-order valence-electron chi connectivity index (χ3n) is 4.71. The minimum absolute atomic E-state index is 0.213. The van der Waals surface area contributed by atoms with Crippen molar-refractivity contribution in [3.8, 4) is 5.75 Å². The summed E-state index contributed by atoms with van der Waals surface area (Å²) in [7, 11) is 3.26. The number of carbonyl (C=O) groups excluding carboxylic acids is 2. The van der Waals surface area contributed by atoms with E-state index in [0.29, 0.717) is 33.7 Å². The van der Waals surface area contributed by atoms with Crippen molar-refractivity contribution in [2.45, 2.75) is 6.92 Å². The molecule has 0 aliphatic heterocycles. The lowest BCUT2D eigenvalue weighted by Gasteiger charge is -2.17. The Labute approximate surface area is 190 Å². The average molecular weight is 452 g/mol. The van der Waals surface area contributed by atoms with Crippen molar-refractivity contribution in [2.24, 2.45) is 0 Å². The van der Waals surface area contributed by atoms with Gasteiger partial charge in [0, 0.05) is 24.5 Å². The summed E-state index contributed by atoms with van der Waals surface area (Å²) in [5, 5.41) is 13.6. The van der Waals surface area contributed by atoms with Gasteiger partial charge in [-0.1, -0.05) is 11.6 Å². The number of methoxy groups -OCH3 is 1. The van der Waals surface area contributed by atoms with E-state index in [0.717, 1.165) is 5.69 Å². The Morgan fingerprint density at radius 1 is 1.03 bits per heavy atom. The van der Waals surface area contributed by atoms with Crippen LogP contribution in [0.4, 0.5) is 17.2 Å². The fourth-order valence-electron chi connectivity index (χ4n) is 2.81. The Balaban J connectivity index is 1.82. The van der Waals surface area contributed by atoms with E-state index in [1.54, 1.807) is 67.4 Å². The molecule has 0 radical (unpaired) electrons. The first kappa shape index (κ1) is 22.8. The van der Waals surface area contributed by atoms with Gasteiger partial charge in [-0.15, -0.1) is 0 Å². The number of pyridine rings is 1. The first-order valence-electron chi connectivity index (χ1n) is 9.59. The van der Waals surface area contributed by atoms with Crippen molar-refractivity contribution in [3.63, 3.8) is 0 Å². The highest BCUT2D eigenvalue weighted by molar-refractivity contribution is 6.30. The smallest absolute Gasteiger partial charge is 0.259 e. The second-order valence-corrected chi connectivity index (χ2v) is 7.31. The number of aromatic nitrogens is 1. The van der Waals surface area contributed by atoms with E-state index in [-0.39, 0.29) is 11.5 Å². The zero-order valence-corrected chi connectivity index (χ0v) is 18.5. The maximum Gasteiger partial charge on any atom is 0.259 e. The number of benzene rings is 2. The van der Waals surface area contributed by atoms with Crippen LogP contribution in [0.5, 0.6) is 5.75 Å². The molecule has 3 N–H and O–H groups in total. The Bertz CT molecular complexity index is 1150. The van der Waals surface area contributed by atoms with Crippen LogP contribution in [0.1, 0.15) is 27.6 Å². The molecule has 0 saturated heterocycles. The zero-order chi connectivity index (χ0) is 23.3. The topological polar surface area (TPSA) is 107 Å². The number of carbonyl (C=O) groups is 2. The molecule has 2 aromatic carbocycles. The number of amides is 2. The summed E-state index contributed by atoms with van der Waals surface area (Å²) in [6.45, 7) is 1.68. The molecule has 0 aliphatic carbocycles. The lowest BCUT2D eigenvalue weighted by Crippen LogP contribution is -2.22. The van der Waals surface area contributed by atoms with Crippen LogP contribution in [0.15, 0.2) is 60.8 Å². The molecule has 1 aromatic heterocycles. The molecular formula is C23H22ClN5O3. The fraction of sp³-hybridized carbons (Fsp3) is 0.130. The van der Waals surface area contributed by atoms with Crippen LogP contribution in [0.2, 0.25) is 5.02 Å². The van der Waals surface area contributed by atoms with E-state index < -0.39 is 5.91 Å². The Morgan fingerprint density at radius 3 is 2.34 bits per heavy atom. The molecule has 8 nitrogen and oxygen atoms in total. The van der Waals surface area contributed by atoms with Gasteiger partial charge in [0.2, 0.25) is 0 Å². The number of halogens is 1. The summed E-state index contributed by atoms with van der Waals surface area (Å²) in [4.78, 5) is 31.4. The Hall–Kier alpha value is -3.91. The quantitative estimate of drug-likeness (QED) is 0.372. The molecule has 0 fully saturated rings. The molecular weight excluding hydrogens is 430 g/mol. The second-order valence-electron chi connectivity index (χ2n) is 6.87.